The first kappa shape index (κ1) is 11.9. The summed E-state index contributed by atoms with van der Waals surface area (Å²) in [5, 5.41) is 8.03. The Kier molecular flexibility index (Phi) is 3.00. The van der Waals surface area contributed by atoms with Crippen molar-refractivity contribution in [3.05, 3.63) is 22.0 Å². The van der Waals surface area contributed by atoms with Gasteiger partial charge in [-0.1, -0.05) is 0 Å². The van der Waals surface area contributed by atoms with Gasteiger partial charge >= 0.3 is 0 Å². The quantitative estimate of drug-likeness (QED) is 0.774. The molecule has 1 aromatic rings. The third-order valence-corrected chi connectivity index (χ3v) is 2.75. The molecule has 0 spiro atoms. The zero-order chi connectivity index (χ0) is 11.8. The number of halogens is 3. The fraction of sp³-hybridized carbons (Fsp3) is 0.167. The van der Waals surface area contributed by atoms with Crippen molar-refractivity contribution < 1.29 is 22.3 Å². The minimum Gasteiger partial charge on any atom is -0.505 e. The van der Waals surface area contributed by atoms with Crippen molar-refractivity contribution in [3.8, 4) is 5.75 Å². The van der Waals surface area contributed by atoms with Crippen LogP contribution in [0.15, 0.2) is 15.9 Å². The van der Waals surface area contributed by atoms with E-state index in [1.54, 1.807) is 4.98 Å². The highest BCUT2D eigenvalue weighted by Gasteiger charge is 2.21. The predicted molar refractivity (Wildman–Crippen MR) is 46.7 cm³/mol. The van der Waals surface area contributed by atoms with Crippen LogP contribution in [-0.2, 0) is 9.05 Å². The number of H-pyrrole nitrogens is 1. The summed E-state index contributed by atoms with van der Waals surface area (Å²) in [7, 11) is 0.446. The monoisotopic (exact) mass is 259 g/mol. The lowest BCUT2D eigenvalue weighted by atomic mass is 10.3. The smallest absolute Gasteiger partial charge is 0.280 e. The largest absolute Gasteiger partial charge is 0.505 e. The number of aromatic amines is 1. The number of hydrogen-bond acceptors (Lipinski definition) is 4. The van der Waals surface area contributed by atoms with Gasteiger partial charge in [0.25, 0.3) is 21.0 Å². The van der Waals surface area contributed by atoms with Gasteiger partial charge in [0, 0.05) is 10.7 Å². The fourth-order valence-corrected chi connectivity index (χ4v) is 1.74. The molecule has 0 atom stereocenters. The number of pyridine rings is 1. The summed E-state index contributed by atoms with van der Waals surface area (Å²) in [4.78, 5) is 12.5. The Morgan fingerprint density at radius 1 is 1.47 bits per heavy atom. The van der Waals surface area contributed by atoms with E-state index in [0.29, 0.717) is 6.07 Å². The van der Waals surface area contributed by atoms with E-state index < -0.39 is 37.4 Å². The van der Waals surface area contributed by atoms with E-state index in [2.05, 4.69) is 0 Å². The summed E-state index contributed by atoms with van der Waals surface area (Å²) < 4.78 is 45.7. The molecule has 1 rings (SSSR count). The molecule has 15 heavy (non-hydrogen) atoms. The fourth-order valence-electron chi connectivity index (χ4n) is 0.866. The molecule has 0 aliphatic heterocycles. The lowest BCUT2D eigenvalue weighted by Crippen LogP contribution is -2.15. The van der Waals surface area contributed by atoms with Crippen molar-refractivity contribution in [1.82, 2.24) is 4.98 Å². The molecule has 0 fully saturated rings. The van der Waals surface area contributed by atoms with Crippen LogP contribution in [0.5, 0.6) is 5.75 Å². The van der Waals surface area contributed by atoms with Gasteiger partial charge in [-0.05, 0) is 6.07 Å². The maximum atomic E-state index is 12.1. The van der Waals surface area contributed by atoms with Crippen molar-refractivity contribution in [2.24, 2.45) is 0 Å². The van der Waals surface area contributed by atoms with Crippen LogP contribution in [0.4, 0.5) is 8.78 Å². The van der Waals surface area contributed by atoms with Gasteiger partial charge in [0.05, 0.1) is 5.56 Å². The molecule has 9 heteroatoms. The SMILES string of the molecule is O=c1[nH]c(S(=O)(=O)Cl)c(O)cc1C(F)F. The Balaban J connectivity index is 3.53. The molecule has 5 nitrogen and oxygen atoms in total. The topological polar surface area (TPSA) is 87.2 Å². The number of hydrogen-bond donors (Lipinski definition) is 2. The Hall–Kier alpha value is -1.15. The highest BCUT2D eigenvalue weighted by molar-refractivity contribution is 8.13. The average Bonchev–Trinajstić information content (AvgIpc) is 2.06. The number of rotatable bonds is 2. The number of aromatic hydroxyl groups is 1. The zero-order valence-electron chi connectivity index (χ0n) is 6.87. The molecule has 0 aliphatic rings. The standard InChI is InChI=1S/C6H4ClF2NO4S/c7-15(13,14)6-3(11)1-2(4(8)9)5(12)10-6/h1,4,11H,(H,10,12). The van der Waals surface area contributed by atoms with Crippen LogP contribution in [-0.4, -0.2) is 18.5 Å². The maximum absolute atomic E-state index is 12.1. The van der Waals surface area contributed by atoms with Crippen LogP contribution >= 0.6 is 10.7 Å². The van der Waals surface area contributed by atoms with Crippen molar-refractivity contribution in [1.29, 1.82) is 0 Å². The minimum absolute atomic E-state index is 0.360. The molecule has 0 unspecified atom stereocenters. The number of aromatic nitrogens is 1. The first-order valence-corrected chi connectivity index (χ1v) is 5.73. The second-order valence-electron chi connectivity index (χ2n) is 2.51. The van der Waals surface area contributed by atoms with E-state index >= 15 is 0 Å². The van der Waals surface area contributed by atoms with Crippen LogP contribution in [0, 0.1) is 0 Å². The molecular weight excluding hydrogens is 256 g/mol. The number of nitrogens with one attached hydrogen (secondary N) is 1. The van der Waals surface area contributed by atoms with Crippen LogP contribution in [0.3, 0.4) is 0 Å². The average molecular weight is 260 g/mol. The summed E-state index contributed by atoms with van der Waals surface area (Å²) in [5.41, 5.74) is -2.35. The van der Waals surface area contributed by atoms with E-state index in [4.69, 9.17) is 15.8 Å². The molecule has 0 saturated heterocycles. The van der Waals surface area contributed by atoms with Crippen molar-refractivity contribution in [2.45, 2.75) is 11.5 Å². The lowest BCUT2D eigenvalue weighted by molar-refractivity contribution is 0.149. The predicted octanol–water partition coefficient (Wildman–Crippen LogP) is 0.946. The van der Waals surface area contributed by atoms with Crippen molar-refractivity contribution >= 4 is 19.7 Å². The van der Waals surface area contributed by atoms with Gasteiger partial charge < -0.3 is 10.1 Å². The second kappa shape index (κ2) is 3.78. The Bertz CT molecular complexity index is 539. The maximum Gasteiger partial charge on any atom is 0.280 e. The summed E-state index contributed by atoms with van der Waals surface area (Å²) in [6.07, 6.45) is -3.12. The molecule has 0 radical (unpaired) electrons. The summed E-state index contributed by atoms with van der Waals surface area (Å²) in [6.45, 7) is 0. The van der Waals surface area contributed by atoms with Crippen LogP contribution < -0.4 is 5.56 Å². The first-order valence-electron chi connectivity index (χ1n) is 3.42. The van der Waals surface area contributed by atoms with E-state index in [1.165, 1.54) is 0 Å². The zero-order valence-corrected chi connectivity index (χ0v) is 8.44. The van der Waals surface area contributed by atoms with Gasteiger partial charge in [0.1, 0.15) is 0 Å². The van der Waals surface area contributed by atoms with Gasteiger partial charge in [-0.2, -0.15) is 0 Å². The molecule has 84 valence electrons. The molecule has 0 aromatic carbocycles. The molecule has 0 bridgehead atoms. The van der Waals surface area contributed by atoms with Crippen LogP contribution in [0.2, 0.25) is 0 Å². The highest BCUT2D eigenvalue weighted by Crippen LogP contribution is 2.25. The first-order chi connectivity index (χ1) is 6.73. The molecule has 0 amide bonds. The third kappa shape index (κ3) is 2.45. The van der Waals surface area contributed by atoms with E-state index in [-0.39, 0.29) is 0 Å². The summed E-state index contributed by atoms with van der Waals surface area (Å²) in [6, 6.07) is 0.360. The van der Waals surface area contributed by atoms with Gasteiger partial charge in [0.2, 0.25) is 0 Å². The van der Waals surface area contributed by atoms with Gasteiger partial charge in [-0.25, -0.2) is 17.2 Å². The Morgan fingerprint density at radius 2 is 2.00 bits per heavy atom. The summed E-state index contributed by atoms with van der Waals surface area (Å²) in [5.74, 6) is -1.03. The Labute approximate surface area is 86.7 Å². The van der Waals surface area contributed by atoms with E-state index in [9.17, 15) is 22.0 Å². The van der Waals surface area contributed by atoms with Crippen LogP contribution in [0.25, 0.3) is 0 Å². The van der Waals surface area contributed by atoms with Gasteiger partial charge in [0.15, 0.2) is 10.8 Å². The number of alkyl halides is 2. The molecular formula is C6H4ClF2NO4S. The minimum atomic E-state index is -4.38. The van der Waals surface area contributed by atoms with E-state index in [1.807, 2.05) is 0 Å². The molecule has 1 heterocycles. The lowest BCUT2D eigenvalue weighted by Gasteiger charge is -2.03. The molecule has 2 N–H and O–H groups in total. The third-order valence-electron chi connectivity index (χ3n) is 1.49. The summed E-state index contributed by atoms with van der Waals surface area (Å²) >= 11 is 0. The molecule has 1 aromatic heterocycles. The Morgan fingerprint density at radius 3 is 2.40 bits per heavy atom. The molecule has 0 aliphatic carbocycles. The second-order valence-corrected chi connectivity index (χ2v) is 5.01. The van der Waals surface area contributed by atoms with Crippen molar-refractivity contribution in [3.63, 3.8) is 0 Å². The highest BCUT2D eigenvalue weighted by atomic mass is 35.7. The molecule has 0 saturated carbocycles. The van der Waals surface area contributed by atoms with Crippen LogP contribution in [0.1, 0.15) is 12.0 Å². The van der Waals surface area contributed by atoms with Crippen molar-refractivity contribution in [2.75, 3.05) is 0 Å². The van der Waals surface area contributed by atoms with Gasteiger partial charge in [-0.15, -0.1) is 0 Å². The van der Waals surface area contributed by atoms with E-state index in [0.717, 1.165) is 0 Å². The normalized spacial score (nSPS) is 12.0. The van der Waals surface area contributed by atoms with Gasteiger partial charge in [-0.3, -0.25) is 4.79 Å².